The Balaban J connectivity index is 0.00000256. The summed E-state index contributed by atoms with van der Waals surface area (Å²) in [5, 5.41) is 20.6. The standard InChI is InChI=1S/C11H16N2O3.ClH/c1-3-4-9(12)8-6-5-7(2)10(11(8)14)13(15)16;/h5-6,9,14H,3-4,12H2,1-2H3;1H/t9-;/m0./s1. The van der Waals surface area contributed by atoms with Crippen molar-refractivity contribution in [3.05, 3.63) is 33.4 Å². The maximum Gasteiger partial charge on any atom is 0.313 e. The summed E-state index contributed by atoms with van der Waals surface area (Å²) < 4.78 is 0. The van der Waals surface area contributed by atoms with Gasteiger partial charge in [0.25, 0.3) is 0 Å². The zero-order valence-corrected chi connectivity index (χ0v) is 10.7. The summed E-state index contributed by atoms with van der Waals surface area (Å²) in [6.07, 6.45) is 1.55. The van der Waals surface area contributed by atoms with Crippen molar-refractivity contribution in [2.45, 2.75) is 32.7 Å². The Hall–Kier alpha value is -1.33. The summed E-state index contributed by atoms with van der Waals surface area (Å²) >= 11 is 0. The first-order valence-corrected chi connectivity index (χ1v) is 5.21. The van der Waals surface area contributed by atoms with Crippen molar-refractivity contribution in [2.75, 3.05) is 0 Å². The fraction of sp³-hybridized carbons (Fsp3) is 0.455. The Labute approximate surface area is 106 Å². The van der Waals surface area contributed by atoms with E-state index < -0.39 is 4.92 Å². The molecule has 1 atom stereocenters. The molecule has 0 aliphatic carbocycles. The molecule has 0 spiro atoms. The maximum absolute atomic E-state index is 10.8. The number of phenols is 1. The predicted octanol–water partition coefficient (Wildman–Crippen LogP) is 2.83. The number of rotatable bonds is 4. The Morgan fingerprint density at radius 3 is 2.59 bits per heavy atom. The molecular weight excluding hydrogens is 244 g/mol. The number of hydrogen-bond acceptors (Lipinski definition) is 4. The molecule has 0 aromatic heterocycles. The van der Waals surface area contributed by atoms with E-state index in [0.29, 0.717) is 17.5 Å². The minimum atomic E-state index is -0.577. The summed E-state index contributed by atoms with van der Waals surface area (Å²) in [5.41, 5.74) is 6.48. The number of benzene rings is 1. The Morgan fingerprint density at radius 2 is 2.12 bits per heavy atom. The maximum atomic E-state index is 10.8. The molecular formula is C11H17ClN2O3. The van der Waals surface area contributed by atoms with Gasteiger partial charge in [-0.1, -0.05) is 25.5 Å². The lowest BCUT2D eigenvalue weighted by atomic mass is 9.99. The molecule has 0 bridgehead atoms. The lowest BCUT2D eigenvalue weighted by Crippen LogP contribution is -2.10. The number of nitrogens with two attached hydrogens (primary N) is 1. The number of hydrogen-bond donors (Lipinski definition) is 2. The van der Waals surface area contributed by atoms with Gasteiger partial charge < -0.3 is 10.8 Å². The van der Waals surface area contributed by atoms with E-state index in [-0.39, 0.29) is 29.9 Å². The summed E-state index contributed by atoms with van der Waals surface area (Å²) in [5.74, 6) is -0.300. The van der Waals surface area contributed by atoms with E-state index in [2.05, 4.69) is 0 Å². The number of aryl methyl sites for hydroxylation is 1. The van der Waals surface area contributed by atoms with Crippen LogP contribution >= 0.6 is 12.4 Å². The van der Waals surface area contributed by atoms with Crippen molar-refractivity contribution < 1.29 is 10.0 Å². The van der Waals surface area contributed by atoms with Crippen LogP contribution in [0.1, 0.15) is 36.9 Å². The Bertz CT molecular complexity index is 410. The van der Waals surface area contributed by atoms with Crippen LogP contribution in [0.4, 0.5) is 5.69 Å². The Morgan fingerprint density at radius 1 is 1.53 bits per heavy atom. The van der Waals surface area contributed by atoms with Crippen molar-refractivity contribution in [1.29, 1.82) is 0 Å². The third kappa shape index (κ3) is 3.31. The number of nitro groups is 1. The highest BCUT2D eigenvalue weighted by atomic mass is 35.5. The fourth-order valence-electron chi connectivity index (χ4n) is 1.69. The van der Waals surface area contributed by atoms with E-state index >= 15 is 0 Å². The van der Waals surface area contributed by atoms with Gasteiger partial charge in [-0.2, -0.15) is 0 Å². The highest BCUT2D eigenvalue weighted by molar-refractivity contribution is 5.85. The normalized spacial score (nSPS) is 11.7. The summed E-state index contributed by atoms with van der Waals surface area (Å²) in [4.78, 5) is 10.2. The molecule has 0 saturated carbocycles. The topological polar surface area (TPSA) is 89.4 Å². The largest absolute Gasteiger partial charge is 0.502 e. The molecule has 0 radical (unpaired) electrons. The van der Waals surface area contributed by atoms with Crippen LogP contribution in [0.3, 0.4) is 0 Å². The molecule has 17 heavy (non-hydrogen) atoms. The van der Waals surface area contributed by atoms with Crippen molar-refractivity contribution in [1.82, 2.24) is 0 Å². The highest BCUT2D eigenvalue weighted by Crippen LogP contribution is 2.36. The second kappa shape index (κ2) is 6.42. The average molecular weight is 261 g/mol. The van der Waals surface area contributed by atoms with Gasteiger partial charge in [-0.3, -0.25) is 10.1 Å². The van der Waals surface area contributed by atoms with Crippen LogP contribution < -0.4 is 5.73 Å². The molecule has 0 aliphatic rings. The number of aromatic hydroxyl groups is 1. The van der Waals surface area contributed by atoms with Gasteiger partial charge in [0.15, 0.2) is 5.75 Å². The van der Waals surface area contributed by atoms with E-state index in [0.717, 1.165) is 6.42 Å². The van der Waals surface area contributed by atoms with Crippen molar-refractivity contribution in [2.24, 2.45) is 5.73 Å². The molecule has 96 valence electrons. The second-order valence-corrected chi connectivity index (χ2v) is 3.82. The molecule has 0 aliphatic heterocycles. The van der Waals surface area contributed by atoms with Gasteiger partial charge in [0.05, 0.1) is 4.92 Å². The van der Waals surface area contributed by atoms with Gasteiger partial charge in [0.1, 0.15) is 0 Å². The molecule has 0 amide bonds. The van der Waals surface area contributed by atoms with Crippen molar-refractivity contribution in [3.63, 3.8) is 0 Å². The monoisotopic (exact) mass is 260 g/mol. The minimum absolute atomic E-state index is 0. The highest BCUT2D eigenvalue weighted by Gasteiger charge is 2.22. The molecule has 0 fully saturated rings. The summed E-state index contributed by atoms with van der Waals surface area (Å²) in [6, 6.07) is 2.91. The number of nitro benzene ring substituents is 1. The first-order valence-electron chi connectivity index (χ1n) is 5.21. The van der Waals surface area contributed by atoms with E-state index in [4.69, 9.17) is 5.73 Å². The quantitative estimate of drug-likeness (QED) is 0.643. The smallest absolute Gasteiger partial charge is 0.313 e. The lowest BCUT2D eigenvalue weighted by molar-refractivity contribution is -0.386. The molecule has 3 N–H and O–H groups in total. The molecule has 0 heterocycles. The van der Waals surface area contributed by atoms with Gasteiger partial charge in [-0.25, -0.2) is 0 Å². The van der Waals surface area contributed by atoms with Gasteiger partial charge in [0.2, 0.25) is 0 Å². The molecule has 5 nitrogen and oxygen atoms in total. The number of halogens is 1. The predicted molar refractivity (Wildman–Crippen MR) is 68.6 cm³/mol. The van der Waals surface area contributed by atoms with E-state index in [9.17, 15) is 15.2 Å². The zero-order valence-electron chi connectivity index (χ0n) is 9.84. The van der Waals surface area contributed by atoms with Crippen LogP contribution in [-0.2, 0) is 0 Å². The van der Waals surface area contributed by atoms with E-state index in [1.807, 2.05) is 6.92 Å². The molecule has 6 heteroatoms. The molecule has 1 aromatic carbocycles. The Kier molecular flexibility index (Phi) is 5.91. The first kappa shape index (κ1) is 15.7. The SMILES string of the molecule is CCC[C@H](N)c1ccc(C)c([N+](=O)[O-])c1O.Cl. The average Bonchev–Trinajstić information content (AvgIpc) is 2.17. The number of nitrogens with zero attached hydrogens (tertiary/aromatic N) is 1. The summed E-state index contributed by atoms with van der Waals surface area (Å²) in [6.45, 7) is 3.56. The van der Waals surface area contributed by atoms with Crippen LogP contribution in [-0.4, -0.2) is 10.0 Å². The zero-order chi connectivity index (χ0) is 12.3. The fourth-order valence-corrected chi connectivity index (χ4v) is 1.69. The minimum Gasteiger partial charge on any atom is -0.502 e. The molecule has 0 unspecified atom stereocenters. The van der Waals surface area contributed by atoms with Crippen LogP contribution in [0.5, 0.6) is 5.75 Å². The van der Waals surface area contributed by atoms with E-state index in [1.165, 1.54) is 0 Å². The van der Waals surface area contributed by atoms with Crippen LogP contribution in [0.2, 0.25) is 0 Å². The number of phenolic OH excluding ortho intramolecular Hbond substituents is 1. The van der Waals surface area contributed by atoms with Crippen molar-refractivity contribution >= 4 is 18.1 Å². The van der Waals surface area contributed by atoms with Gasteiger partial charge in [-0.15, -0.1) is 12.4 Å². The van der Waals surface area contributed by atoms with Gasteiger partial charge >= 0.3 is 5.69 Å². The van der Waals surface area contributed by atoms with E-state index in [1.54, 1.807) is 19.1 Å². The lowest BCUT2D eigenvalue weighted by Gasteiger charge is -2.13. The third-order valence-electron chi connectivity index (χ3n) is 2.57. The third-order valence-corrected chi connectivity index (χ3v) is 2.57. The van der Waals surface area contributed by atoms with Gasteiger partial charge in [0, 0.05) is 17.2 Å². The first-order chi connectivity index (χ1) is 7.49. The van der Waals surface area contributed by atoms with Gasteiger partial charge in [-0.05, 0) is 13.3 Å². The molecule has 1 aromatic rings. The molecule has 0 saturated heterocycles. The van der Waals surface area contributed by atoms with Crippen LogP contribution in [0, 0.1) is 17.0 Å². The van der Waals surface area contributed by atoms with Crippen LogP contribution in [0.25, 0.3) is 0 Å². The van der Waals surface area contributed by atoms with Crippen molar-refractivity contribution in [3.8, 4) is 5.75 Å². The summed E-state index contributed by atoms with van der Waals surface area (Å²) in [7, 11) is 0. The molecule has 1 rings (SSSR count). The van der Waals surface area contributed by atoms with Crippen LogP contribution in [0.15, 0.2) is 12.1 Å². The second-order valence-electron chi connectivity index (χ2n) is 3.82.